The summed E-state index contributed by atoms with van der Waals surface area (Å²) in [6.07, 6.45) is 1.77. The number of allylic oxidation sites excluding steroid dienone is 1. The zero-order chi connectivity index (χ0) is 22.3. The van der Waals surface area contributed by atoms with E-state index >= 15 is 0 Å². The summed E-state index contributed by atoms with van der Waals surface area (Å²) in [7, 11) is 1.38. The highest BCUT2D eigenvalue weighted by Crippen LogP contribution is 2.41. The Kier molecular flexibility index (Phi) is 8.02. The number of rotatable bonds is 10. The van der Waals surface area contributed by atoms with Gasteiger partial charge in [-0.25, -0.2) is 9.59 Å². The highest BCUT2D eigenvalue weighted by Gasteiger charge is 2.37. The molecule has 2 N–H and O–H groups in total. The van der Waals surface area contributed by atoms with Gasteiger partial charge in [-0.15, -0.1) is 0 Å². The lowest BCUT2D eigenvalue weighted by molar-refractivity contribution is -0.385. The molecule has 0 saturated heterocycles. The van der Waals surface area contributed by atoms with Crippen molar-refractivity contribution in [1.82, 2.24) is 10.6 Å². The maximum Gasteiger partial charge on any atom is 0.338 e. The molecule has 164 valence electrons. The van der Waals surface area contributed by atoms with Crippen LogP contribution < -0.4 is 20.1 Å². The van der Waals surface area contributed by atoms with Crippen LogP contribution in [0.5, 0.6) is 11.5 Å². The number of urea groups is 1. The first-order valence-corrected chi connectivity index (χ1v) is 9.84. The van der Waals surface area contributed by atoms with E-state index in [0.717, 1.165) is 0 Å². The first kappa shape index (κ1) is 23.0. The average Bonchev–Trinajstić information content (AvgIpc) is 2.71. The number of ether oxygens (including phenoxy) is 3. The van der Waals surface area contributed by atoms with Crippen molar-refractivity contribution in [3.63, 3.8) is 0 Å². The Morgan fingerprint density at radius 1 is 1.20 bits per heavy atom. The Morgan fingerprint density at radius 2 is 1.93 bits per heavy atom. The number of nitro benzene ring substituents is 1. The average molecular weight is 421 g/mol. The maximum atomic E-state index is 12.7. The number of hydrogen-bond donors (Lipinski definition) is 2. The third-order valence-corrected chi connectivity index (χ3v) is 4.43. The van der Waals surface area contributed by atoms with Gasteiger partial charge in [0.2, 0.25) is 0 Å². The van der Waals surface area contributed by atoms with E-state index in [0.29, 0.717) is 31.6 Å². The summed E-state index contributed by atoms with van der Waals surface area (Å²) in [5.74, 6) is -0.179. The minimum absolute atomic E-state index is 0.110. The van der Waals surface area contributed by atoms with E-state index in [4.69, 9.17) is 14.2 Å². The number of benzene rings is 1. The number of methoxy groups -OCH3 is 1. The maximum absolute atomic E-state index is 12.7. The first-order chi connectivity index (χ1) is 14.4. The van der Waals surface area contributed by atoms with Crippen LogP contribution in [-0.4, -0.2) is 37.2 Å². The van der Waals surface area contributed by atoms with E-state index in [2.05, 4.69) is 10.6 Å². The molecule has 0 saturated carbocycles. The van der Waals surface area contributed by atoms with Crippen molar-refractivity contribution in [2.45, 2.75) is 46.1 Å². The van der Waals surface area contributed by atoms with Crippen molar-refractivity contribution in [2.75, 3.05) is 20.3 Å². The fourth-order valence-electron chi connectivity index (χ4n) is 3.19. The standard InChI is InChI=1S/C20H27N3O7/c1-5-8-13-17(19(24)29-7-3)18(22-20(25)21-13)12-10-16(30-9-6-2)15(28-4)11-14(12)23(26)27/h10-11,18H,5-9H2,1-4H3,(H2,21,22,25). The molecule has 0 bridgehead atoms. The Bertz CT molecular complexity index is 851. The van der Waals surface area contributed by atoms with Crippen LogP contribution in [-0.2, 0) is 9.53 Å². The number of hydrogen-bond acceptors (Lipinski definition) is 7. The second-order valence-electron chi connectivity index (χ2n) is 6.56. The van der Waals surface area contributed by atoms with Gasteiger partial charge in [-0.05, 0) is 25.8 Å². The Hall–Kier alpha value is -3.30. The minimum Gasteiger partial charge on any atom is -0.493 e. The van der Waals surface area contributed by atoms with Crippen molar-refractivity contribution in [3.8, 4) is 11.5 Å². The van der Waals surface area contributed by atoms with Gasteiger partial charge in [-0.3, -0.25) is 10.1 Å². The smallest absolute Gasteiger partial charge is 0.338 e. The summed E-state index contributed by atoms with van der Waals surface area (Å²) in [6, 6.07) is 1.04. The summed E-state index contributed by atoms with van der Waals surface area (Å²) < 4.78 is 16.1. The van der Waals surface area contributed by atoms with Crippen LogP contribution in [0.1, 0.15) is 51.6 Å². The number of nitro groups is 1. The van der Waals surface area contributed by atoms with E-state index in [1.54, 1.807) is 6.92 Å². The van der Waals surface area contributed by atoms with Crippen molar-refractivity contribution in [1.29, 1.82) is 0 Å². The molecule has 1 aliphatic rings. The lowest BCUT2D eigenvalue weighted by Crippen LogP contribution is -2.46. The second-order valence-corrected chi connectivity index (χ2v) is 6.56. The molecule has 0 spiro atoms. The third-order valence-electron chi connectivity index (χ3n) is 4.43. The van der Waals surface area contributed by atoms with Crippen molar-refractivity contribution in [2.24, 2.45) is 0 Å². The van der Waals surface area contributed by atoms with Crippen LogP contribution in [0.25, 0.3) is 0 Å². The molecule has 2 amide bonds. The molecule has 1 heterocycles. The van der Waals surface area contributed by atoms with Crippen LogP contribution in [0.3, 0.4) is 0 Å². The van der Waals surface area contributed by atoms with E-state index in [1.165, 1.54) is 19.2 Å². The van der Waals surface area contributed by atoms with Crippen LogP contribution in [0.2, 0.25) is 0 Å². The molecule has 1 atom stereocenters. The van der Waals surface area contributed by atoms with E-state index in [-0.39, 0.29) is 34.9 Å². The molecule has 1 aliphatic heterocycles. The molecule has 0 aromatic heterocycles. The van der Waals surface area contributed by atoms with Crippen molar-refractivity contribution >= 4 is 17.7 Å². The molecular weight excluding hydrogens is 394 g/mol. The Labute approximate surface area is 174 Å². The number of carbonyl (C=O) groups excluding carboxylic acids is 2. The van der Waals surface area contributed by atoms with Gasteiger partial charge in [-0.1, -0.05) is 20.3 Å². The van der Waals surface area contributed by atoms with Gasteiger partial charge >= 0.3 is 12.0 Å². The van der Waals surface area contributed by atoms with Gasteiger partial charge in [0, 0.05) is 5.70 Å². The van der Waals surface area contributed by atoms with E-state index in [1.807, 2.05) is 13.8 Å². The summed E-state index contributed by atoms with van der Waals surface area (Å²) >= 11 is 0. The Balaban J connectivity index is 2.72. The zero-order valence-electron chi connectivity index (χ0n) is 17.6. The third kappa shape index (κ3) is 5.00. The molecule has 10 nitrogen and oxygen atoms in total. The summed E-state index contributed by atoms with van der Waals surface area (Å²) in [5.41, 5.74) is 0.317. The van der Waals surface area contributed by atoms with Crippen molar-refractivity contribution < 1.29 is 28.7 Å². The lowest BCUT2D eigenvalue weighted by Gasteiger charge is -2.29. The van der Waals surface area contributed by atoms with Crippen LogP contribution >= 0.6 is 0 Å². The minimum atomic E-state index is -1.07. The van der Waals surface area contributed by atoms with Crippen molar-refractivity contribution in [3.05, 3.63) is 39.1 Å². The van der Waals surface area contributed by atoms with Gasteiger partial charge in [0.05, 0.1) is 48.5 Å². The molecular formula is C20H27N3O7. The summed E-state index contributed by atoms with van der Waals surface area (Å²) in [4.78, 5) is 36.2. The van der Waals surface area contributed by atoms with E-state index in [9.17, 15) is 19.7 Å². The highest BCUT2D eigenvalue weighted by atomic mass is 16.6. The molecule has 0 radical (unpaired) electrons. The van der Waals surface area contributed by atoms with Crippen LogP contribution in [0.15, 0.2) is 23.4 Å². The largest absolute Gasteiger partial charge is 0.493 e. The first-order valence-electron chi connectivity index (χ1n) is 9.84. The van der Waals surface area contributed by atoms with E-state index < -0.39 is 23.0 Å². The predicted molar refractivity (Wildman–Crippen MR) is 108 cm³/mol. The summed E-state index contributed by atoms with van der Waals surface area (Å²) in [5, 5.41) is 17.0. The quantitative estimate of drug-likeness (QED) is 0.337. The van der Waals surface area contributed by atoms with Gasteiger partial charge in [0.25, 0.3) is 5.69 Å². The molecule has 0 fully saturated rings. The molecule has 10 heteroatoms. The molecule has 1 unspecified atom stereocenters. The molecule has 0 aliphatic carbocycles. The molecule has 1 aromatic carbocycles. The number of carbonyl (C=O) groups is 2. The van der Waals surface area contributed by atoms with Gasteiger partial charge in [-0.2, -0.15) is 0 Å². The van der Waals surface area contributed by atoms with Gasteiger partial charge < -0.3 is 24.8 Å². The van der Waals surface area contributed by atoms with Crippen LogP contribution in [0.4, 0.5) is 10.5 Å². The number of nitrogens with zero attached hydrogens (tertiary/aromatic N) is 1. The molecule has 1 aromatic rings. The number of nitrogens with one attached hydrogen (secondary N) is 2. The summed E-state index contributed by atoms with van der Waals surface area (Å²) in [6.45, 7) is 5.97. The topological polar surface area (TPSA) is 129 Å². The SMILES string of the molecule is CCCOc1cc(C2NC(=O)NC(CCC)=C2C(=O)OCC)c([N+](=O)[O-])cc1OC. The predicted octanol–water partition coefficient (Wildman–Crippen LogP) is 3.36. The normalized spacial score (nSPS) is 15.9. The highest BCUT2D eigenvalue weighted by molar-refractivity contribution is 5.95. The lowest BCUT2D eigenvalue weighted by atomic mass is 9.92. The Morgan fingerprint density at radius 3 is 2.50 bits per heavy atom. The fourth-order valence-corrected chi connectivity index (χ4v) is 3.19. The molecule has 30 heavy (non-hydrogen) atoms. The second kappa shape index (κ2) is 10.5. The van der Waals surface area contributed by atoms with Gasteiger partial charge in [0.1, 0.15) is 0 Å². The van der Waals surface area contributed by atoms with Gasteiger partial charge in [0.15, 0.2) is 11.5 Å². The van der Waals surface area contributed by atoms with Crippen LogP contribution in [0, 0.1) is 10.1 Å². The zero-order valence-corrected chi connectivity index (χ0v) is 17.6. The fraction of sp³-hybridized carbons (Fsp3) is 0.500. The number of esters is 1. The monoisotopic (exact) mass is 421 g/mol. The number of amides is 2. The molecule has 2 rings (SSSR count).